The lowest BCUT2D eigenvalue weighted by Crippen LogP contribution is -2.45. The first kappa shape index (κ1) is 13.0. The number of amides is 1. The van der Waals surface area contributed by atoms with Crippen molar-refractivity contribution in [1.29, 1.82) is 0 Å². The number of carbonyl (C=O) groups excluding carboxylic acids is 1. The van der Waals surface area contributed by atoms with E-state index in [9.17, 15) is 4.79 Å². The van der Waals surface area contributed by atoms with Crippen LogP contribution >= 0.6 is 23.2 Å². The Kier molecular flexibility index (Phi) is 2.88. The first-order chi connectivity index (χ1) is 10.1. The number of carbonyl (C=O) groups is 1. The van der Waals surface area contributed by atoms with Crippen molar-refractivity contribution in [3.05, 3.63) is 57.6 Å². The predicted octanol–water partition coefficient (Wildman–Crippen LogP) is 4.05. The number of nitrogens with zero attached hydrogens (tertiary/aromatic N) is 1. The normalized spacial score (nSPS) is 19.4. The largest absolute Gasteiger partial charge is 0.354 e. The highest BCUT2D eigenvalue weighted by Crippen LogP contribution is 2.44. The number of hydrogen-bond donors (Lipinski definition) is 1. The van der Waals surface area contributed by atoms with E-state index in [-0.39, 0.29) is 11.9 Å². The van der Waals surface area contributed by atoms with Crippen molar-refractivity contribution in [2.75, 3.05) is 16.8 Å². The van der Waals surface area contributed by atoms with Crippen LogP contribution in [-0.2, 0) is 11.2 Å². The fourth-order valence-corrected chi connectivity index (χ4v) is 3.51. The quantitative estimate of drug-likeness (QED) is 0.794. The summed E-state index contributed by atoms with van der Waals surface area (Å²) in [5.74, 6) is -0.0203. The maximum Gasteiger partial charge on any atom is 0.251 e. The molecule has 2 aromatic rings. The number of nitrogens with one attached hydrogen (secondary N) is 1. The van der Waals surface area contributed by atoms with Gasteiger partial charge in [0, 0.05) is 6.54 Å². The Balaban J connectivity index is 1.89. The molecule has 0 aliphatic carbocycles. The molecule has 0 aromatic heterocycles. The van der Waals surface area contributed by atoms with E-state index in [1.54, 1.807) is 6.07 Å². The molecular formula is C16H12Cl2N2O. The monoisotopic (exact) mass is 318 g/mol. The Bertz CT molecular complexity index is 760. The molecule has 1 N–H and O–H groups in total. The number of fused-ring (bicyclic) bond motifs is 5. The molecular weight excluding hydrogens is 307 g/mol. The Hall–Kier alpha value is -1.71. The van der Waals surface area contributed by atoms with Gasteiger partial charge in [0.15, 0.2) is 0 Å². The highest BCUT2D eigenvalue weighted by Gasteiger charge is 2.38. The average molecular weight is 319 g/mol. The zero-order valence-corrected chi connectivity index (χ0v) is 12.6. The van der Waals surface area contributed by atoms with Crippen molar-refractivity contribution in [2.45, 2.75) is 12.5 Å². The van der Waals surface area contributed by atoms with Crippen molar-refractivity contribution >= 4 is 40.5 Å². The molecule has 0 saturated heterocycles. The minimum atomic E-state index is -0.292. The summed E-state index contributed by atoms with van der Waals surface area (Å²) in [4.78, 5) is 14.6. The van der Waals surface area contributed by atoms with E-state index >= 15 is 0 Å². The molecule has 1 unspecified atom stereocenters. The van der Waals surface area contributed by atoms with E-state index in [1.807, 2.05) is 24.3 Å². The van der Waals surface area contributed by atoms with Gasteiger partial charge in [0.05, 0.1) is 21.4 Å². The van der Waals surface area contributed by atoms with Gasteiger partial charge in [0.25, 0.3) is 5.91 Å². The molecule has 3 nitrogen and oxygen atoms in total. The van der Waals surface area contributed by atoms with Gasteiger partial charge < -0.3 is 10.2 Å². The Morgan fingerprint density at radius 3 is 2.76 bits per heavy atom. The minimum absolute atomic E-state index is 0.0203. The van der Waals surface area contributed by atoms with Crippen LogP contribution < -0.4 is 10.2 Å². The van der Waals surface area contributed by atoms with Crippen LogP contribution in [0.3, 0.4) is 0 Å². The van der Waals surface area contributed by atoms with Crippen LogP contribution in [0, 0.1) is 0 Å². The van der Waals surface area contributed by atoms with Gasteiger partial charge in [-0.25, -0.2) is 0 Å². The lowest BCUT2D eigenvalue weighted by molar-refractivity contribution is -0.117. The molecule has 5 heteroatoms. The van der Waals surface area contributed by atoms with Gasteiger partial charge in [0.2, 0.25) is 0 Å². The van der Waals surface area contributed by atoms with Crippen molar-refractivity contribution in [2.24, 2.45) is 0 Å². The summed E-state index contributed by atoms with van der Waals surface area (Å²) in [6.07, 6.45) is 0.916. The summed E-state index contributed by atoms with van der Waals surface area (Å²) in [6.45, 7) is 0.792. The lowest BCUT2D eigenvalue weighted by atomic mass is 9.90. The second-order valence-corrected chi connectivity index (χ2v) is 6.13. The highest BCUT2D eigenvalue weighted by molar-refractivity contribution is 6.42. The number of benzene rings is 2. The van der Waals surface area contributed by atoms with E-state index in [2.05, 4.69) is 16.3 Å². The summed E-state index contributed by atoms with van der Waals surface area (Å²) in [7, 11) is 0. The molecule has 106 valence electrons. The molecule has 0 fully saturated rings. The molecule has 2 aromatic carbocycles. The minimum Gasteiger partial charge on any atom is -0.354 e. The summed E-state index contributed by atoms with van der Waals surface area (Å²) >= 11 is 12.2. The molecule has 2 heterocycles. The summed E-state index contributed by atoms with van der Waals surface area (Å²) in [5, 5.41) is 3.90. The van der Waals surface area contributed by atoms with Gasteiger partial charge in [-0.15, -0.1) is 0 Å². The number of rotatable bonds is 0. The molecule has 4 rings (SSSR count). The van der Waals surface area contributed by atoms with Gasteiger partial charge in [-0.05, 0) is 29.7 Å². The van der Waals surface area contributed by atoms with Crippen molar-refractivity contribution in [3.63, 3.8) is 0 Å². The van der Waals surface area contributed by atoms with Crippen molar-refractivity contribution in [1.82, 2.24) is 0 Å². The van der Waals surface area contributed by atoms with Gasteiger partial charge in [0.1, 0.15) is 6.04 Å². The first-order valence-electron chi connectivity index (χ1n) is 6.79. The van der Waals surface area contributed by atoms with E-state index in [1.165, 1.54) is 5.56 Å². The number of hydrogen-bond acceptors (Lipinski definition) is 2. The fourth-order valence-electron chi connectivity index (χ4n) is 3.18. The number of anilines is 2. The molecule has 0 radical (unpaired) electrons. The van der Waals surface area contributed by atoms with Crippen molar-refractivity contribution in [3.8, 4) is 0 Å². The SMILES string of the molecule is O=C1Nc2cc(Cl)c(Cl)cc2N2CCc3ccccc3C12. The number of halogens is 2. The van der Waals surface area contributed by atoms with E-state index < -0.39 is 0 Å². The van der Waals surface area contributed by atoms with E-state index in [0.717, 1.165) is 29.9 Å². The third-order valence-corrected chi connectivity index (χ3v) is 4.86. The van der Waals surface area contributed by atoms with Crippen LogP contribution in [0.25, 0.3) is 0 Å². The molecule has 1 amide bonds. The summed E-state index contributed by atoms with van der Waals surface area (Å²) in [6, 6.07) is 11.4. The smallest absolute Gasteiger partial charge is 0.251 e. The maximum absolute atomic E-state index is 12.5. The van der Waals surface area contributed by atoms with E-state index in [4.69, 9.17) is 23.2 Å². The Morgan fingerprint density at radius 2 is 1.90 bits per heavy atom. The van der Waals surface area contributed by atoms with Gasteiger partial charge >= 0.3 is 0 Å². The van der Waals surface area contributed by atoms with Crippen molar-refractivity contribution < 1.29 is 4.79 Å². The molecule has 0 bridgehead atoms. The highest BCUT2D eigenvalue weighted by atomic mass is 35.5. The first-order valence-corrected chi connectivity index (χ1v) is 7.55. The lowest BCUT2D eigenvalue weighted by Gasteiger charge is -2.42. The third kappa shape index (κ3) is 1.92. The van der Waals surface area contributed by atoms with Gasteiger partial charge in [-0.3, -0.25) is 4.79 Å². The van der Waals surface area contributed by atoms with Crippen LogP contribution in [0.4, 0.5) is 11.4 Å². The van der Waals surface area contributed by atoms with Crippen LogP contribution in [0.1, 0.15) is 17.2 Å². The second-order valence-electron chi connectivity index (χ2n) is 5.32. The zero-order chi connectivity index (χ0) is 14.6. The van der Waals surface area contributed by atoms with Crippen LogP contribution in [0.2, 0.25) is 10.0 Å². The predicted molar refractivity (Wildman–Crippen MR) is 85.3 cm³/mol. The third-order valence-electron chi connectivity index (χ3n) is 4.14. The second kappa shape index (κ2) is 4.65. The average Bonchev–Trinajstić information content (AvgIpc) is 2.49. The fraction of sp³-hybridized carbons (Fsp3) is 0.188. The maximum atomic E-state index is 12.5. The molecule has 2 aliphatic heterocycles. The summed E-state index contributed by atoms with van der Waals surface area (Å²) in [5.41, 5.74) is 3.96. The molecule has 1 atom stereocenters. The topological polar surface area (TPSA) is 32.3 Å². The van der Waals surface area contributed by atoms with Gasteiger partial charge in [-0.1, -0.05) is 47.5 Å². The Morgan fingerprint density at radius 1 is 1.14 bits per heavy atom. The van der Waals surface area contributed by atoms with Crippen LogP contribution in [0.15, 0.2) is 36.4 Å². The van der Waals surface area contributed by atoms with E-state index in [0.29, 0.717) is 10.0 Å². The summed E-state index contributed by atoms with van der Waals surface area (Å²) < 4.78 is 0. The molecule has 2 aliphatic rings. The Labute approximate surface area is 132 Å². The molecule has 0 saturated carbocycles. The standard InChI is InChI=1S/C16H12Cl2N2O/c17-11-7-13-14(8-12(11)18)20-6-5-9-3-1-2-4-10(9)15(20)16(21)19-13/h1-4,7-8,15H,5-6H2,(H,19,21). The van der Waals surface area contributed by atoms with Gasteiger partial charge in [-0.2, -0.15) is 0 Å². The molecule has 21 heavy (non-hydrogen) atoms. The zero-order valence-electron chi connectivity index (χ0n) is 11.1. The molecule has 0 spiro atoms. The van der Waals surface area contributed by atoms with Crippen LogP contribution in [-0.4, -0.2) is 12.5 Å². The van der Waals surface area contributed by atoms with Crippen LogP contribution in [0.5, 0.6) is 0 Å².